The van der Waals surface area contributed by atoms with Gasteiger partial charge in [0.2, 0.25) is 0 Å². The highest BCUT2D eigenvalue weighted by Crippen LogP contribution is 2.30. The molecule has 10 heteroatoms. The van der Waals surface area contributed by atoms with Crippen molar-refractivity contribution in [1.82, 2.24) is 0 Å². The van der Waals surface area contributed by atoms with Gasteiger partial charge in [0.25, 0.3) is 15.7 Å². The molecule has 0 spiro atoms. The van der Waals surface area contributed by atoms with Crippen LogP contribution in [0.5, 0.6) is 0 Å². The molecule has 0 unspecified atom stereocenters. The Hall–Kier alpha value is -2.46. The number of benzene rings is 2. The molecular weight excluding hydrogens is 404 g/mol. The summed E-state index contributed by atoms with van der Waals surface area (Å²) in [7, 11) is -4.44. The Bertz CT molecular complexity index is 882. The lowest BCUT2D eigenvalue weighted by Gasteiger charge is -2.22. The fourth-order valence-corrected chi connectivity index (χ4v) is 3.83. The van der Waals surface area contributed by atoms with Crippen molar-refractivity contribution in [2.45, 2.75) is 4.90 Å². The maximum Gasteiger partial charge on any atom is 0.324 e. The Morgan fingerprint density at radius 2 is 1.75 bits per heavy atom. The highest BCUT2D eigenvalue weighted by Gasteiger charge is 2.32. The number of carbonyl (C=O) groups is 1. The van der Waals surface area contributed by atoms with Gasteiger partial charge < -0.3 is 5.11 Å². The summed E-state index contributed by atoms with van der Waals surface area (Å²) < 4.78 is 26.9. The second-order valence-corrected chi connectivity index (χ2v) is 7.35. The van der Waals surface area contributed by atoms with Crippen LogP contribution in [-0.2, 0) is 14.8 Å². The van der Waals surface area contributed by atoms with E-state index < -0.39 is 38.0 Å². The Morgan fingerprint density at radius 1 is 1.17 bits per heavy atom. The summed E-state index contributed by atoms with van der Waals surface area (Å²) in [5, 5.41) is 20.1. The molecule has 126 valence electrons. The molecule has 0 aromatic heterocycles. The van der Waals surface area contributed by atoms with Crippen molar-refractivity contribution < 1.29 is 23.2 Å². The lowest BCUT2D eigenvalue weighted by atomic mass is 10.3. The summed E-state index contributed by atoms with van der Waals surface area (Å²) in [5.74, 6) is -1.39. The third-order valence-corrected chi connectivity index (χ3v) is 5.37. The van der Waals surface area contributed by atoms with Crippen LogP contribution in [0.4, 0.5) is 11.4 Å². The molecule has 0 radical (unpaired) electrons. The van der Waals surface area contributed by atoms with Crippen LogP contribution >= 0.6 is 15.9 Å². The van der Waals surface area contributed by atoms with E-state index in [0.717, 1.165) is 12.1 Å². The SMILES string of the molecule is O=C(O)CN(c1ccc(Br)cc1)S(=O)(=O)c1ccccc1[N+](=O)[O-]. The Morgan fingerprint density at radius 3 is 2.29 bits per heavy atom. The number of sulfonamides is 1. The van der Waals surface area contributed by atoms with Gasteiger partial charge in [-0.1, -0.05) is 28.1 Å². The lowest BCUT2D eigenvalue weighted by Crippen LogP contribution is -2.36. The van der Waals surface area contributed by atoms with Crippen LogP contribution in [0.25, 0.3) is 0 Å². The predicted octanol–water partition coefficient (Wildman–Crippen LogP) is 2.64. The molecule has 2 rings (SSSR count). The number of nitrogens with zero attached hydrogens (tertiary/aromatic N) is 2. The van der Waals surface area contributed by atoms with Gasteiger partial charge in [0, 0.05) is 10.5 Å². The summed E-state index contributed by atoms with van der Waals surface area (Å²) in [5.41, 5.74) is -0.538. The van der Waals surface area contributed by atoms with Gasteiger partial charge in [-0.25, -0.2) is 8.42 Å². The van der Waals surface area contributed by atoms with Gasteiger partial charge in [-0.05, 0) is 30.3 Å². The largest absolute Gasteiger partial charge is 0.480 e. The molecule has 0 bridgehead atoms. The summed E-state index contributed by atoms with van der Waals surface area (Å²) in [6.07, 6.45) is 0. The minimum atomic E-state index is -4.44. The molecule has 0 heterocycles. The molecule has 0 aliphatic heterocycles. The zero-order valence-corrected chi connectivity index (χ0v) is 14.4. The second kappa shape index (κ2) is 6.97. The molecule has 0 amide bonds. The molecule has 0 aliphatic rings. The molecule has 0 saturated heterocycles. The number of hydrogen-bond donors (Lipinski definition) is 1. The van der Waals surface area contributed by atoms with E-state index in [4.69, 9.17) is 5.11 Å². The van der Waals surface area contributed by atoms with Crippen LogP contribution in [0.15, 0.2) is 57.9 Å². The average Bonchev–Trinajstić information content (AvgIpc) is 2.53. The van der Waals surface area contributed by atoms with Gasteiger partial charge in [-0.3, -0.25) is 19.2 Å². The number of para-hydroxylation sites is 1. The van der Waals surface area contributed by atoms with Gasteiger partial charge in [0.15, 0.2) is 4.90 Å². The highest BCUT2D eigenvalue weighted by molar-refractivity contribution is 9.10. The number of halogens is 1. The van der Waals surface area contributed by atoms with Crippen molar-refractivity contribution in [1.29, 1.82) is 0 Å². The normalized spacial score (nSPS) is 11.0. The minimum absolute atomic E-state index is 0.0822. The molecule has 24 heavy (non-hydrogen) atoms. The van der Waals surface area contributed by atoms with E-state index in [1.165, 1.54) is 24.3 Å². The number of nitro benzene ring substituents is 1. The van der Waals surface area contributed by atoms with E-state index in [0.29, 0.717) is 8.78 Å². The van der Waals surface area contributed by atoms with Crippen LogP contribution in [-0.4, -0.2) is 31.0 Å². The van der Waals surface area contributed by atoms with Gasteiger partial charge >= 0.3 is 5.97 Å². The first-order chi connectivity index (χ1) is 11.2. The number of carboxylic acid groups (broad SMARTS) is 1. The predicted molar refractivity (Wildman–Crippen MR) is 89.4 cm³/mol. The number of anilines is 1. The van der Waals surface area contributed by atoms with E-state index in [-0.39, 0.29) is 5.69 Å². The van der Waals surface area contributed by atoms with Crippen LogP contribution < -0.4 is 4.31 Å². The number of aliphatic carboxylic acids is 1. The van der Waals surface area contributed by atoms with Crippen LogP contribution in [0.3, 0.4) is 0 Å². The quantitative estimate of drug-likeness (QED) is 0.573. The Kier molecular flexibility index (Phi) is 5.20. The van der Waals surface area contributed by atoms with Crippen molar-refractivity contribution in [2.75, 3.05) is 10.8 Å². The first kappa shape index (κ1) is 17.9. The fourth-order valence-electron chi connectivity index (χ4n) is 1.99. The van der Waals surface area contributed by atoms with Crippen LogP contribution in [0.1, 0.15) is 0 Å². The van der Waals surface area contributed by atoms with E-state index in [2.05, 4.69) is 15.9 Å². The van der Waals surface area contributed by atoms with Crippen molar-refractivity contribution in [3.8, 4) is 0 Å². The average molecular weight is 415 g/mol. The van der Waals surface area contributed by atoms with E-state index in [1.54, 1.807) is 12.1 Å². The van der Waals surface area contributed by atoms with Crippen molar-refractivity contribution in [3.05, 3.63) is 63.1 Å². The first-order valence-corrected chi connectivity index (χ1v) is 8.70. The van der Waals surface area contributed by atoms with Gasteiger partial charge in [0.1, 0.15) is 6.54 Å². The van der Waals surface area contributed by atoms with Gasteiger partial charge in [0.05, 0.1) is 10.6 Å². The maximum absolute atomic E-state index is 12.8. The molecule has 1 N–H and O–H groups in total. The first-order valence-electron chi connectivity index (χ1n) is 6.47. The van der Waals surface area contributed by atoms with E-state index >= 15 is 0 Å². The van der Waals surface area contributed by atoms with Crippen molar-refractivity contribution in [3.63, 3.8) is 0 Å². The maximum atomic E-state index is 12.8. The molecule has 0 atom stereocenters. The number of hydrogen-bond acceptors (Lipinski definition) is 5. The number of nitro groups is 1. The van der Waals surface area contributed by atoms with Crippen LogP contribution in [0.2, 0.25) is 0 Å². The van der Waals surface area contributed by atoms with Crippen molar-refractivity contribution >= 4 is 43.3 Å². The zero-order chi connectivity index (χ0) is 17.9. The van der Waals surface area contributed by atoms with Crippen LogP contribution in [0, 0.1) is 10.1 Å². The summed E-state index contributed by atoms with van der Waals surface area (Å²) in [4.78, 5) is 20.8. The topological polar surface area (TPSA) is 118 Å². The van der Waals surface area contributed by atoms with E-state index in [9.17, 15) is 23.3 Å². The smallest absolute Gasteiger partial charge is 0.324 e. The summed E-state index contributed by atoms with van der Waals surface area (Å²) >= 11 is 3.20. The molecule has 2 aromatic carbocycles. The Balaban J connectivity index is 2.62. The minimum Gasteiger partial charge on any atom is -0.480 e. The molecule has 2 aromatic rings. The molecule has 0 saturated carbocycles. The molecule has 8 nitrogen and oxygen atoms in total. The lowest BCUT2D eigenvalue weighted by molar-refractivity contribution is -0.387. The van der Waals surface area contributed by atoms with Gasteiger partial charge in [-0.2, -0.15) is 0 Å². The zero-order valence-electron chi connectivity index (χ0n) is 12.0. The summed E-state index contributed by atoms with van der Waals surface area (Å²) in [6, 6.07) is 10.7. The second-order valence-electron chi connectivity index (χ2n) is 4.61. The number of carboxylic acids is 1. The standard InChI is InChI=1S/C14H11BrN2O6S/c15-10-5-7-11(8-6-10)16(9-14(18)19)24(22,23)13-4-2-1-3-12(13)17(20)21/h1-8H,9H2,(H,18,19). The third kappa shape index (κ3) is 3.71. The van der Waals surface area contributed by atoms with Crippen molar-refractivity contribution in [2.24, 2.45) is 0 Å². The summed E-state index contributed by atoms with van der Waals surface area (Å²) in [6.45, 7) is -0.865. The highest BCUT2D eigenvalue weighted by atomic mass is 79.9. The molecular formula is C14H11BrN2O6S. The van der Waals surface area contributed by atoms with Gasteiger partial charge in [-0.15, -0.1) is 0 Å². The monoisotopic (exact) mass is 414 g/mol. The molecule has 0 fully saturated rings. The Labute approximate surface area is 145 Å². The fraction of sp³-hybridized carbons (Fsp3) is 0.0714. The molecule has 0 aliphatic carbocycles. The third-order valence-electron chi connectivity index (χ3n) is 3.02. The number of rotatable bonds is 6. The van der Waals surface area contributed by atoms with E-state index in [1.807, 2.05) is 0 Å².